The molecule has 1 aromatic carbocycles. The van der Waals surface area contributed by atoms with E-state index < -0.39 is 11.5 Å². The van der Waals surface area contributed by atoms with Gasteiger partial charge >= 0.3 is 0 Å². The molecular weight excluding hydrogens is 310 g/mol. The third-order valence-electron chi connectivity index (χ3n) is 3.54. The van der Waals surface area contributed by atoms with Crippen LogP contribution in [0.5, 0.6) is 5.75 Å². The zero-order valence-electron chi connectivity index (χ0n) is 13.1. The lowest BCUT2D eigenvalue weighted by atomic mass is 10.1. The van der Waals surface area contributed by atoms with Crippen molar-refractivity contribution in [2.24, 2.45) is 0 Å². The predicted molar refractivity (Wildman–Crippen MR) is 89.5 cm³/mol. The number of fused-ring (bicyclic) bond motifs is 1. The molecule has 0 radical (unpaired) electrons. The van der Waals surface area contributed by atoms with Gasteiger partial charge in [-0.1, -0.05) is 0 Å². The monoisotopic (exact) mass is 325 g/mol. The third kappa shape index (κ3) is 2.79. The fourth-order valence-corrected chi connectivity index (χ4v) is 2.38. The van der Waals surface area contributed by atoms with Crippen LogP contribution >= 0.6 is 0 Å². The topological polar surface area (TPSA) is 82.5 Å². The van der Waals surface area contributed by atoms with Gasteiger partial charge in [-0.2, -0.15) is 0 Å². The van der Waals surface area contributed by atoms with Gasteiger partial charge in [-0.25, -0.2) is 0 Å². The summed E-state index contributed by atoms with van der Waals surface area (Å²) in [7, 11) is 2.87. The number of amides is 1. The first-order valence-electron chi connectivity index (χ1n) is 7.13. The molecule has 2 aromatic heterocycles. The van der Waals surface area contributed by atoms with Gasteiger partial charge in [-0.15, -0.1) is 4.73 Å². The summed E-state index contributed by atoms with van der Waals surface area (Å²) in [5.74, 6) is 0.127. The number of hydrogen-bond donors (Lipinski definition) is 1. The summed E-state index contributed by atoms with van der Waals surface area (Å²) in [5.41, 5.74) is 0.230. The maximum atomic E-state index is 12.5. The molecule has 1 amide bonds. The van der Waals surface area contributed by atoms with Crippen LogP contribution in [0.1, 0.15) is 10.5 Å². The Labute approximate surface area is 137 Å². The zero-order chi connectivity index (χ0) is 17.1. The summed E-state index contributed by atoms with van der Waals surface area (Å²) in [6.07, 6.45) is 3.12. The molecule has 122 valence electrons. The highest BCUT2D eigenvalue weighted by atomic mass is 16.7. The fraction of sp³-hybridized carbons (Fsp3) is 0.118. The molecule has 7 nitrogen and oxygen atoms in total. The molecule has 24 heavy (non-hydrogen) atoms. The second-order valence-corrected chi connectivity index (χ2v) is 4.95. The van der Waals surface area contributed by atoms with E-state index in [1.807, 2.05) is 0 Å². The molecule has 2 heterocycles. The Bertz CT molecular complexity index is 951. The number of pyridine rings is 2. The lowest BCUT2D eigenvalue weighted by Crippen LogP contribution is -2.32. The molecule has 0 aliphatic heterocycles. The lowest BCUT2D eigenvalue weighted by molar-refractivity contribution is 0.0952. The Hall–Kier alpha value is -3.35. The van der Waals surface area contributed by atoms with Crippen molar-refractivity contribution < 1.29 is 14.4 Å². The molecule has 7 heteroatoms. The fourth-order valence-electron chi connectivity index (χ4n) is 2.38. The van der Waals surface area contributed by atoms with E-state index >= 15 is 0 Å². The van der Waals surface area contributed by atoms with Gasteiger partial charge in [-0.3, -0.25) is 14.6 Å². The normalized spacial score (nSPS) is 10.4. The Morgan fingerprint density at radius 2 is 1.88 bits per heavy atom. The second-order valence-electron chi connectivity index (χ2n) is 4.95. The Morgan fingerprint density at radius 3 is 2.54 bits per heavy atom. The molecule has 0 unspecified atom stereocenters. The van der Waals surface area contributed by atoms with Crippen LogP contribution in [0.15, 0.2) is 53.6 Å². The highest BCUT2D eigenvalue weighted by Gasteiger charge is 2.17. The van der Waals surface area contributed by atoms with Gasteiger partial charge in [0, 0.05) is 18.1 Å². The molecule has 0 fully saturated rings. The molecule has 0 atom stereocenters. The Morgan fingerprint density at radius 1 is 1.12 bits per heavy atom. The standard InChI is InChI=1S/C17H15N3O4/c1-23-13-3-4-14-11(9-13)10-15(20(24-2)17(14)22)16(21)19-12-5-7-18-8-6-12/h3-10H,1-2H3,(H,18,19,21). The number of benzene rings is 1. The number of carbonyl (C=O) groups excluding carboxylic acids is 1. The van der Waals surface area contributed by atoms with E-state index in [1.54, 1.807) is 48.8 Å². The molecule has 1 N–H and O–H groups in total. The molecule has 3 aromatic rings. The van der Waals surface area contributed by atoms with Crippen molar-refractivity contribution in [1.29, 1.82) is 0 Å². The van der Waals surface area contributed by atoms with E-state index in [4.69, 9.17) is 9.57 Å². The number of carbonyl (C=O) groups is 1. The smallest absolute Gasteiger partial charge is 0.291 e. The quantitative estimate of drug-likeness (QED) is 0.790. The van der Waals surface area contributed by atoms with Crippen LogP contribution in [0.3, 0.4) is 0 Å². The summed E-state index contributed by atoms with van der Waals surface area (Å²) >= 11 is 0. The van der Waals surface area contributed by atoms with Gasteiger partial charge in [0.2, 0.25) is 0 Å². The first-order chi connectivity index (χ1) is 11.6. The van der Waals surface area contributed by atoms with E-state index in [9.17, 15) is 9.59 Å². The number of nitrogens with one attached hydrogen (secondary N) is 1. The minimum Gasteiger partial charge on any atom is -0.497 e. The second kappa shape index (κ2) is 6.41. The van der Waals surface area contributed by atoms with Gasteiger partial charge in [0.1, 0.15) is 18.6 Å². The van der Waals surface area contributed by atoms with Crippen LogP contribution in [-0.2, 0) is 0 Å². The highest BCUT2D eigenvalue weighted by molar-refractivity contribution is 6.05. The average molecular weight is 325 g/mol. The molecule has 0 aliphatic carbocycles. The summed E-state index contributed by atoms with van der Waals surface area (Å²) in [6.45, 7) is 0. The molecule has 0 aliphatic rings. The number of rotatable bonds is 4. The summed E-state index contributed by atoms with van der Waals surface area (Å²) in [6, 6.07) is 9.89. The van der Waals surface area contributed by atoms with Gasteiger partial charge < -0.3 is 14.9 Å². The number of aromatic nitrogens is 2. The number of nitrogens with zero attached hydrogens (tertiary/aromatic N) is 2. The largest absolute Gasteiger partial charge is 0.497 e. The minimum atomic E-state index is -0.468. The van der Waals surface area contributed by atoms with Gasteiger partial charge in [0.05, 0.1) is 12.5 Å². The minimum absolute atomic E-state index is 0.0834. The first kappa shape index (κ1) is 15.5. The van der Waals surface area contributed by atoms with Crippen molar-refractivity contribution >= 4 is 22.4 Å². The molecule has 3 rings (SSSR count). The van der Waals surface area contributed by atoms with Crippen molar-refractivity contribution in [1.82, 2.24) is 9.71 Å². The average Bonchev–Trinajstić information content (AvgIpc) is 2.62. The Balaban J connectivity index is 2.11. The summed E-state index contributed by atoms with van der Waals surface area (Å²) < 4.78 is 6.13. The molecule has 0 saturated heterocycles. The van der Waals surface area contributed by atoms with E-state index in [-0.39, 0.29) is 5.69 Å². The van der Waals surface area contributed by atoms with E-state index in [0.717, 1.165) is 4.73 Å². The van der Waals surface area contributed by atoms with E-state index in [2.05, 4.69) is 10.3 Å². The van der Waals surface area contributed by atoms with E-state index in [1.165, 1.54) is 14.2 Å². The van der Waals surface area contributed by atoms with Crippen LogP contribution in [0.25, 0.3) is 10.8 Å². The van der Waals surface area contributed by atoms with Crippen molar-refractivity contribution in [3.8, 4) is 5.75 Å². The maximum Gasteiger partial charge on any atom is 0.291 e. The van der Waals surface area contributed by atoms with Crippen LogP contribution in [0, 0.1) is 0 Å². The first-order valence-corrected chi connectivity index (χ1v) is 7.13. The molecular formula is C17H15N3O4. The van der Waals surface area contributed by atoms with Crippen molar-refractivity contribution in [3.05, 3.63) is 64.8 Å². The van der Waals surface area contributed by atoms with Crippen LogP contribution < -0.4 is 20.5 Å². The lowest BCUT2D eigenvalue weighted by Gasteiger charge is -2.13. The van der Waals surface area contributed by atoms with Gasteiger partial charge in [0.15, 0.2) is 0 Å². The summed E-state index contributed by atoms with van der Waals surface area (Å²) in [4.78, 5) is 34.1. The van der Waals surface area contributed by atoms with Crippen molar-refractivity contribution in [2.45, 2.75) is 0 Å². The van der Waals surface area contributed by atoms with Crippen LogP contribution in [0.4, 0.5) is 5.69 Å². The van der Waals surface area contributed by atoms with Gasteiger partial charge in [0.25, 0.3) is 11.5 Å². The molecule has 0 spiro atoms. The predicted octanol–water partition coefficient (Wildman–Crippen LogP) is 1.72. The number of anilines is 1. The van der Waals surface area contributed by atoms with Crippen LogP contribution in [-0.4, -0.2) is 29.8 Å². The Kier molecular flexibility index (Phi) is 4.15. The van der Waals surface area contributed by atoms with Gasteiger partial charge in [-0.05, 0) is 41.8 Å². The van der Waals surface area contributed by atoms with Crippen LogP contribution in [0.2, 0.25) is 0 Å². The zero-order valence-corrected chi connectivity index (χ0v) is 13.1. The maximum absolute atomic E-state index is 12.5. The number of hydrogen-bond acceptors (Lipinski definition) is 5. The van der Waals surface area contributed by atoms with E-state index in [0.29, 0.717) is 22.2 Å². The van der Waals surface area contributed by atoms with Crippen molar-refractivity contribution in [3.63, 3.8) is 0 Å². The summed E-state index contributed by atoms with van der Waals surface area (Å²) in [5, 5.41) is 3.72. The molecule has 0 bridgehead atoms. The van der Waals surface area contributed by atoms with Crippen molar-refractivity contribution in [2.75, 3.05) is 19.5 Å². The number of methoxy groups -OCH3 is 1. The SMILES string of the molecule is COc1ccc2c(=O)n(OC)c(C(=O)Nc3ccncc3)cc2c1. The number of ether oxygens (including phenoxy) is 1. The highest BCUT2D eigenvalue weighted by Crippen LogP contribution is 2.19. The molecule has 0 saturated carbocycles. The third-order valence-corrected chi connectivity index (χ3v) is 3.54.